The normalized spacial score (nSPS) is 35.6. The van der Waals surface area contributed by atoms with Crippen LogP contribution in [0.2, 0.25) is 0 Å². The number of hydrogen-bond acceptors (Lipinski definition) is 5. The summed E-state index contributed by atoms with van der Waals surface area (Å²) in [4.78, 5) is 22.4. The van der Waals surface area contributed by atoms with Crippen molar-refractivity contribution < 1.29 is 24.5 Å². The van der Waals surface area contributed by atoms with Gasteiger partial charge in [-0.1, -0.05) is 0 Å². The lowest BCUT2D eigenvalue weighted by Crippen LogP contribution is -2.43. The molecule has 102 valence electrons. The van der Waals surface area contributed by atoms with Crippen molar-refractivity contribution >= 4 is 11.9 Å². The number of carbonyl (C=O) groups is 2. The van der Waals surface area contributed by atoms with E-state index >= 15 is 0 Å². The summed E-state index contributed by atoms with van der Waals surface area (Å²) in [5, 5.41) is 23.7. The van der Waals surface area contributed by atoms with Crippen LogP contribution in [0.4, 0.5) is 0 Å². The molecule has 4 N–H and O–H groups in total. The number of carbonyl (C=O) groups excluding carboxylic acids is 1. The number of ether oxygens (including phenoxy) is 1. The van der Waals surface area contributed by atoms with E-state index in [1.165, 1.54) is 0 Å². The average molecular weight is 258 g/mol. The van der Waals surface area contributed by atoms with Gasteiger partial charge in [-0.15, -0.1) is 0 Å². The van der Waals surface area contributed by atoms with Gasteiger partial charge in [0.15, 0.2) is 6.10 Å². The topological polar surface area (TPSA) is 108 Å². The Morgan fingerprint density at radius 3 is 2.72 bits per heavy atom. The lowest BCUT2D eigenvalue weighted by molar-refractivity contribution is -0.149. The Kier molecular flexibility index (Phi) is 4.15. The fourth-order valence-electron chi connectivity index (χ4n) is 2.29. The second-order valence-corrected chi connectivity index (χ2v) is 4.76. The number of carboxylic acids is 1. The maximum atomic E-state index is 11.7. The highest BCUT2D eigenvalue weighted by molar-refractivity contribution is 5.82. The van der Waals surface area contributed by atoms with Crippen LogP contribution in [0.5, 0.6) is 0 Å². The van der Waals surface area contributed by atoms with E-state index in [2.05, 4.69) is 10.6 Å². The molecule has 0 aromatic rings. The highest BCUT2D eigenvalue weighted by atomic mass is 16.5. The van der Waals surface area contributed by atoms with Crippen LogP contribution in [0.25, 0.3) is 0 Å². The first-order valence-electron chi connectivity index (χ1n) is 6.13. The van der Waals surface area contributed by atoms with E-state index < -0.39 is 18.2 Å². The van der Waals surface area contributed by atoms with Crippen LogP contribution in [0.3, 0.4) is 0 Å². The third-order valence-electron chi connectivity index (χ3n) is 3.31. The molecular weight excluding hydrogens is 240 g/mol. The number of aliphatic hydroxyl groups is 1. The second-order valence-electron chi connectivity index (χ2n) is 4.76. The molecule has 0 radical (unpaired) electrons. The molecule has 7 nitrogen and oxygen atoms in total. The Bertz CT molecular complexity index is 335. The molecule has 0 aromatic heterocycles. The van der Waals surface area contributed by atoms with Crippen molar-refractivity contribution in [1.82, 2.24) is 10.6 Å². The van der Waals surface area contributed by atoms with Crippen LogP contribution >= 0.6 is 0 Å². The molecule has 2 heterocycles. The maximum absolute atomic E-state index is 11.7. The van der Waals surface area contributed by atoms with E-state index in [9.17, 15) is 14.7 Å². The van der Waals surface area contributed by atoms with Gasteiger partial charge in [0.1, 0.15) is 0 Å². The fourth-order valence-corrected chi connectivity index (χ4v) is 2.29. The molecule has 0 saturated carbocycles. The maximum Gasteiger partial charge on any atom is 0.332 e. The summed E-state index contributed by atoms with van der Waals surface area (Å²) in [6, 6.07) is -0.364. The van der Waals surface area contributed by atoms with Gasteiger partial charge in [-0.05, 0) is 19.3 Å². The first kappa shape index (κ1) is 13.3. The predicted octanol–water partition coefficient (Wildman–Crippen LogP) is -1.54. The summed E-state index contributed by atoms with van der Waals surface area (Å²) in [6.45, 7) is 0.746. The standard InChI is InChI=1S/C11H18N2O5/c14-6-3-8(12-4-6)10(15)13-5-7-1-2-9(18-7)11(16)17/h6-9,12,14H,1-5H2,(H,13,15)(H,16,17). The van der Waals surface area contributed by atoms with E-state index in [-0.39, 0.29) is 18.1 Å². The number of rotatable bonds is 4. The Hall–Kier alpha value is -1.18. The van der Waals surface area contributed by atoms with Crippen LogP contribution in [-0.2, 0) is 14.3 Å². The van der Waals surface area contributed by atoms with E-state index in [1.807, 2.05) is 0 Å². The van der Waals surface area contributed by atoms with Crippen molar-refractivity contribution in [2.75, 3.05) is 13.1 Å². The monoisotopic (exact) mass is 258 g/mol. The third kappa shape index (κ3) is 3.18. The van der Waals surface area contributed by atoms with E-state index in [4.69, 9.17) is 9.84 Å². The zero-order valence-corrected chi connectivity index (χ0v) is 9.96. The minimum atomic E-state index is -0.954. The lowest BCUT2D eigenvalue weighted by atomic mass is 10.1. The van der Waals surface area contributed by atoms with Crippen molar-refractivity contribution in [2.45, 2.75) is 43.6 Å². The number of β-amino-alcohol motifs (C(OH)–C–C–N with tert-alkyl or cyclic N) is 1. The largest absolute Gasteiger partial charge is 0.479 e. The number of nitrogens with one attached hydrogen (secondary N) is 2. The quantitative estimate of drug-likeness (QED) is 0.486. The first-order chi connectivity index (χ1) is 8.56. The van der Waals surface area contributed by atoms with Gasteiger partial charge in [0, 0.05) is 13.1 Å². The molecule has 0 aromatic carbocycles. The summed E-state index contributed by atoms with van der Waals surface area (Å²) in [5.41, 5.74) is 0. The van der Waals surface area contributed by atoms with Crippen LogP contribution < -0.4 is 10.6 Å². The van der Waals surface area contributed by atoms with Gasteiger partial charge in [-0.3, -0.25) is 4.79 Å². The average Bonchev–Trinajstić information content (AvgIpc) is 2.94. The zero-order valence-electron chi connectivity index (χ0n) is 9.96. The number of aliphatic hydroxyl groups excluding tert-OH is 1. The van der Waals surface area contributed by atoms with E-state index in [0.717, 1.165) is 0 Å². The summed E-state index contributed by atoms with van der Waals surface area (Å²) in [6.07, 6.45) is 0.0724. The molecule has 0 aliphatic carbocycles. The molecule has 18 heavy (non-hydrogen) atoms. The van der Waals surface area contributed by atoms with Gasteiger partial charge < -0.3 is 25.6 Å². The van der Waals surface area contributed by atoms with Gasteiger partial charge >= 0.3 is 5.97 Å². The van der Waals surface area contributed by atoms with Crippen molar-refractivity contribution in [1.29, 1.82) is 0 Å². The molecule has 0 bridgehead atoms. The second kappa shape index (κ2) is 5.64. The Morgan fingerprint density at radius 2 is 2.17 bits per heavy atom. The summed E-state index contributed by atoms with van der Waals surface area (Å²) < 4.78 is 5.27. The van der Waals surface area contributed by atoms with Gasteiger partial charge in [-0.25, -0.2) is 4.79 Å². The zero-order chi connectivity index (χ0) is 13.1. The van der Waals surface area contributed by atoms with E-state index in [1.54, 1.807) is 0 Å². The smallest absolute Gasteiger partial charge is 0.332 e. The molecule has 1 amide bonds. The molecule has 0 spiro atoms. The molecule has 2 saturated heterocycles. The Morgan fingerprint density at radius 1 is 1.39 bits per heavy atom. The Labute approximate surface area is 105 Å². The first-order valence-corrected chi connectivity index (χ1v) is 6.13. The minimum Gasteiger partial charge on any atom is -0.479 e. The van der Waals surface area contributed by atoms with Crippen molar-refractivity contribution in [3.63, 3.8) is 0 Å². The van der Waals surface area contributed by atoms with Crippen LogP contribution in [0.1, 0.15) is 19.3 Å². The van der Waals surface area contributed by atoms with E-state index in [0.29, 0.717) is 32.4 Å². The molecule has 2 rings (SSSR count). The minimum absolute atomic E-state index is 0.172. The molecule has 2 fully saturated rings. The highest BCUT2D eigenvalue weighted by Crippen LogP contribution is 2.19. The van der Waals surface area contributed by atoms with Crippen LogP contribution in [0.15, 0.2) is 0 Å². The number of carboxylic acid groups (broad SMARTS) is 1. The van der Waals surface area contributed by atoms with Gasteiger partial charge in [0.25, 0.3) is 0 Å². The number of hydrogen-bond donors (Lipinski definition) is 4. The Balaban J connectivity index is 1.69. The SMILES string of the molecule is O=C(NCC1CCC(C(=O)O)O1)C1CC(O)CN1. The van der Waals surface area contributed by atoms with Crippen molar-refractivity contribution in [3.8, 4) is 0 Å². The van der Waals surface area contributed by atoms with Crippen molar-refractivity contribution in [3.05, 3.63) is 0 Å². The lowest BCUT2D eigenvalue weighted by Gasteiger charge is -2.15. The molecule has 2 aliphatic heterocycles. The third-order valence-corrected chi connectivity index (χ3v) is 3.31. The van der Waals surface area contributed by atoms with Crippen LogP contribution in [-0.4, -0.2) is 59.5 Å². The highest BCUT2D eigenvalue weighted by Gasteiger charge is 2.32. The molecular formula is C11H18N2O5. The molecule has 4 atom stereocenters. The van der Waals surface area contributed by atoms with Crippen molar-refractivity contribution in [2.24, 2.45) is 0 Å². The predicted molar refractivity (Wildman–Crippen MR) is 61.0 cm³/mol. The van der Waals surface area contributed by atoms with Gasteiger partial charge in [-0.2, -0.15) is 0 Å². The van der Waals surface area contributed by atoms with Crippen LogP contribution in [0, 0.1) is 0 Å². The summed E-state index contributed by atoms with van der Waals surface area (Å²) in [5.74, 6) is -1.13. The molecule has 4 unspecified atom stereocenters. The summed E-state index contributed by atoms with van der Waals surface area (Å²) >= 11 is 0. The number of aliphatic carboxylic acids is 1. The van der Waals surface area contributed by atoms with Gasteiger partial charge in [0.05, 0.1) is 18.2 Å². The number of amides is 1. The summed E-state index contributed by atoms with van der Waals surface area (Å²) in [7, 11) is 0. The fraction of sp³-hybridized carbons (Fsp3) is 0.818. The van der Waals surface area contributed by atoms with Gasteiger partial charge in [0.2, 0.25) is 5.91 Å². The molecule has 2 aliphatic rings. The molecule has 7 heteroatoms.